The van der Waals surface area contributed by atoms with Crippen molar-refractivity contribution in [2.24, 2.45) is 5.92 Å². The van der Waals surface area contributed by atoms with E-state index in [1.807, 2.05) is 27.0 Å². The predicted octanol–water partition coefficient (Wildman–Crippen LogP) is 3.43. The van der Waals surface area contributed by atoms with Crippen LogP contribution in [0.3, 0.4) is 0 Å². The number of ether oxygens (including phenoxy) is 1. The molecule has 0 atom stereocenters. The zero-order valence-corrected chi connectivity index (χ0v) is 14.4. The molecule has 1 aromatic rings. The van der Waals surface area contributed by atoms with Gasteiger partial charge in [0.05, 0.1) is 11.9 Å². The highest BCUT2D eigenvalue weighted by atomic mass is 79.9. The Hall–Kier alpha value is -1.17. The summed E-state index contributed by atoms with van der Waals surface area (Å²) < 4.78 is 6.17. The summed E-state index contributed by atoms with van der Waals surface area (Å²) in [5.74, 6) is 0.548. The number of nitrogens with zero attached hydrogens (tertiary/aromatic N) is 3. The first-order valence-corrected chi connectivity index (χ1v) is 8.07. The zero-order chi connectivity index (χ0) is 15.5. The number of carbonyl (C=O) groups excluding carboxylic acids is 1. The smallest absolute Gasteiger partial charge is 0.410 e. The van der Waals surface area contributed by atoms with E-state index < -0.39 is 5.60 Å². The molecule has 116 valence electrons. The minimum Gasteiger partial charge on any atom is -0.444 e. The molecule has 0 N–H and O–H groups in total. The standard InChI is InChI=1S/C15H22BrN3O2/c1-15(2,3)21-14(20)19-6-4-11(5-7-19)8-12-9-17-10-13(16)18-12/h9-11H,4-8H2,1-3H3. The van der Waals surface area contributed by atoms with Gasteiger partial charge in [-0.2, -0.15) is 0 Å². The number of aromatic nitrogens is 2. The van der Waals surface area contributed by atoms with Crippen LogP contribution in [-0.4, -0.2) is 39.7 Å². The van der Waals surface area contributed by atoms with E-state index in [4.69, 9.17) is 4.74 Å². The van der Waals surface area contributed by atoms with E-state index in [2.05, 4.69) is 25.9 Å². The quantitative estimate of drug-likeness (QED) is 0.815. The fourth-order valence-electron chi connectivity index (χ4n) is 2.42. The van der Waals surface area contributed by atoms with Gasteiger partial charge in [-0.3, -0.25) is 4.98 Å². The van der Waals surface area contributed by atoms with Crippen molar-refractivity contribution >= 4 is 22.0 Å². The molecule has 1 fully saturated rings. The number of hydrogen-bond acceptors (Lipinski definition) is 4. The average molecular weight is 356 g/mol. The van der Waals surface area contributed by atoms with Gasteiger partial charge in [0.2, 0.25) is 0 Å². The Kier molecular flexibility index (Phi) is 5.19. The molecule has 21 heavy (non-hydrogen) atoms. The molecule has 0 saturated carbocycles. The van der Waals surface area contributed by atoms with Crippen LogP contribution in [0.1, 0.15) is 39.3 Å². The van der Waals surface area contributed by atoms with Gasteiger partial charge in [-0.05, 0) is 61.9 Å². The lowest BCUT2D eigenvalue weighted by atomic mass is 9.92. The lowest BCUT2D eigenvalue weighted by Crippen LogP contribution is -2.42. The zero-order valence-electron chi connectivity index (χ0n) is 12.8. The average Bonchev–Trinajstić information content (AvgIpc) is 2.37. The molecule has 0 aliphatic carbocycles. The molecule has 1 aliphatic rings. The minimum atomic E-state index is -0.431. The predicted molar refractivity (Wildman–Crippen MR) is 84.0 cm³/mol. The molecule has 5 nitrogen and oxygen atoms in total. The Balaban J connectivity index is 1.82. The van der Waals surface area contributed by atoms with Gasteiger partial charge in [-0.1, -0.05) is 0 Å². The van der Waals surface area contributed by atoms with Crippen LogP contribution in [0.5, 0.6) is 0 Å². The number of halogens is 1. The molecule has 0 unspecified atom stereocenters. The minimum absolute atomic E-state index is 0.205. The second kappa shape index (κ2) is 6.73. The lowest BCUT2D eigenvalue weighted by molar-refractivity contribution is 0.0184. The van der Waals surface area contributed by atoms with Crippen LogP contribution in [-0.2, 0) is 11.2 Å². The fraction of sp³-hybridized carbons (Fsp3) is 0.667. The number of rotatable bonds is 2. The molecule has 0 spiro atoms. The van der Waals surface area contributed by atoms with Gasteiger partial charge in [0.1, 0.15) is 10.2 Å². The molecule has 2 heterocycles. The van der Waals surface area contributed by atoms with Gasteiger partial charge in [0, 0.05) is 19.3 Å². The van der Waals surface area contributed by atoms with Crippen molar-refractivity contribution < 1.29 is 9.53 Å². The summed E-state index contributed by atoms with van der Waals surface area (Å²) in [6, 6.07) is 0. The van der Waals surface area contributed by atoms with Crippen molar-refractivity contribution in [1.82, 2.24) is 14.9 Å². The first-order chi connectivity index (χ1) is 9.83. The summed E-state index contributed by atoms with van der Waals surface area (Å²) in [7, 11) is 0. The molecule has 2 rings (SSSR count). The highest BCUT2D eigenvalue weighted by Crippen LogP contribution is 2.22. The Morgan fingerprint density at radius 3 is 2.62 bits per heavy atom. The maximum Gasteiger partial charge on any atom is 0.410 e. The largest absolute Gasteiger partial charge is 0.444 e. The number of piperidine rings is 1. The van der Waals surface area contributed by atoms with Gasteiger partial charge in [-0.25, -0.2) is 9.78 Å². The highest BCUT2D eigenvalue weighted by molar-refractivity contribution is 9.10. The first kappa shape index (κ1) is 16.2. The molecule has 1 aliphatic heterocycles. The van der Waals surface area contributed by atoms with Crippen LogP contribution >= 0.6 is 15.9 Å². The van der Waals surface area contributed by atoms with Crippen molar-refractivity contribution in [2.45, 2.75) is 45.6 Å². The summed E-state index contributed by atoms with van der Waals surface area (Å²) in [5.41, 5.74) is 0.569. The first-order valence-electron chi connectivity index (χ1n) is 7.28. The Labute approximate surface area is 134 Å². The molecule has 0 bridgehead atoms. The van der Waals surface area contributed by atoms with E-state index in [9.17, 15) is 4.79 Å². The Bertz CT molecular complexity index is 494. The fourth-order valence-corrected chi connectivity index (χ4v) is 2.77. The van der Waals surface area contributed by atoms with Crippen molar-refractivity contribution in [3.05, 3.63) is 22.7 Å². The monoisotopic (exact) mass is 355 g/mol. The van der Waals surface area contributed by atoms with Crippen LogP contribution in [0.4, 0.5) is 4.79 Å². The van der Waals surface area contributed by atoms with Crippen LogP contribution in [0.15, 0.2) is 17.0 Å². The molecule has 1 saturated heterocycles. The molecule has 1 aromatic heterocycles. The summed E-state index contributed by atoms with van der Waals surface area (Å²) in [4.78, 5) is 22.4. The number of hydrogen-bond donors (Lipinski definition) is 0. The number of likely N-dealkylation sites (tertiary alicyclic amines) is 1. The van der Waals surface area contributed by atoms with Gasteiger partial charge < -0.3 is 9.64 Å². The van der Waals surface area contributed by atoms with Gasteiger partial charge in [0.25, 0.3) is 0 Å². The van der Waals surface area contributed by atoms with Crippen molar-refractivity contribution in [3.8, 4) is 0 Å². The van der Waals surface area contributed by atoms with E-state index in [0.29, 0.717) is 5.92 Å². The molecular formula is C15H22BrN3O2. The van der Waals surface area contributed by atoms with E-state index in [-0.39, 0.29) is 6.09 Å². The van der Waals surface area contributed by atoms with Crippen LogP contribution in [0.2, 0.25) is 0 Å². The summed E-state index contributed by atoms with van der Waals surface area (Å²) in [5, 5.41) is 0. The summed E-state index contributed by atoms with van der Waals surface area (Å²) in [6.45, 7) is 7.18. The molecule has 1 amide bonds. The third kappa shape index (κ3) is 5.26. The maximum atomic E-state index is 12.0. The van der Waals surface area contributed by atoms with Crippen LogP contribution in [0, 0.1) is 5.92 Å². The van der Waals surface area contributed by atoms with Crippen LogP contribution in [0.25, 0.3) is 0 Å². The molecular weight excluding hydrogens is 334 g/mol. The second-order valence-corrected chi connectivity index (χ2v) is 7.26. The van der Waals surface area contributed by atoms with Crippen LogP contribution < -0.4 is 0 Å². The van der Waals surface area contributed by atoms with Gasteiger partial charge in [-0.15, -0.1) is 0 Å². The molecule has 0 radical (unpaired) electrons. The van der Waals surface area contributed by atoms with E-state index in [0.717, 1.165) is 42.6 Å². The molecule has 6 heteroatoms. The highest BCUT2D eigenvalue weighted by Gasteiger charge is 2.27. The van der Waals surface area contributed by atoms with E-state index >= 15 is 0 Å². The van der Waals surface area contributed by atoms with Crippen molar-refractivity contribution in [1.29, 1.82) is 0 Å². The number of amides is 1. The Morgan fingerprint density at radius 1 is 1.38 bits per heavy atom. The summed E-state index contributed by atoms with van der Waals surface area (Å²) >= 11 is 3.34. The third-order valence-corrected chi connectivity index (χ3v) is 3.80. The maximum absolute atomic E-state index is 12.0. The normalized spacial score (nSPS) is 16.9. The topological polar surface area (TPSA) is 55.3 Å². The van der Waals surface area contributed by atoms with E-state index in [1.54, 1.807) is 11.1 Å². The van der Waals surface area contributed by atoms with E-state index in [1.165, 1.54) is 0 Å². The van der Waals surface area contributed by atoms with Gasteiger partial charge in [0.15, 0.2) is 0 Å². The SMILES string of the molecule is CC(C)(C)OC(=O)N1CCC(Cc2cncc(Br)n2)CC1. The van der Waals surface area contributed by atoms with Crippen molar-refractivity contribution in [2.75, 3.05) is 13.1 Å². The summed E-state index contributed by atoms with van der Waals surface area (Å²) in [6.07, 6.45) is 6.16. The molecule has 0 aromatic carbocycles. The second-order valence-electron chi connectivity index (χ2n) is 6.45. The van der Waals surface area contributed by atoms with Crippen molar-refractivity contribution in [3.63, 3.8) is 0 Å². The third-order valence-electron chi connectivity index (χ3n) is 3.42. The Morgan fingerprint density at radius 2 is 2.05 bits per heavy atom. The lowest BCUT2D eigenvalue weighted by Gasteiger charge is -2.33. The number of carbonyl (C=O) groups is 1. The van der Waals surface area contributed by atoms with Gasteiger partial charge >= 0.3 is 6.09 Å².